The summed E-state index contributed by atoms with van der Waals surface area (Å²) < 4.78 is 23.2. The van der Waals surface area contributed by atoms with Gasteiger partial charge in [-0.15, -0.1) is 0 Å². The summed E-state index contributed by atoms with van der Waals surface area (Å²) in [6, 6.07) is 13.1. The Morgan fingerprint density at radius 3 is 2.14 bits per heavy atom. The molecule has 2 aromatic carbocycles. The predicted octanol–water partition coefficient (Wildman–Crippen LogP) is 0.758. The second-order valence-corrected chi connectivity index (χ2v) is 8.71. The number of unbranched alkanes of at least 4 members (excludes halogenated alkanes) is 1. The summed E-state index contributed by atoms with van der Waals surface area (Å²) in [7, 11) is 0. The lowest BCUT2D eigenvalue weighted by atomic mass is 10.2. The van der Waals surface area contributed by atoms with E-state index in [1.165, 1.54) is 17.7 Å². The summed E-state index contributed by atoms with van der Waals surface area (Å²) in [5.74, 6) is 2.73. The molecule has 3 rings (SSSR count). The Hall–Kier alpha value is -2.64. The molecular formula is C28H41ClN2O5. The van der Waals surface area contributed by atoms with Gasteiger partial charge in [-0.3, -0.25) is 4.79 Å². The van der Waals surface area contributed by atoms with Crippen molar-refractivity contribution in [1.82, 2.24) is 0 Å². The van der Waals surface area contributed by atoms with Gasteiger partial charge in [0.25, 0.3) is 5.91 Å². The molecule has 1 amide bonds. The van der Waals surface area contributed by atoms with Gasteiger partial charge in [-0.1, -0.05) is 13.3 Å². The Labute approximate surface area is 222 Å². The highest BCUT2D eigenvalue weighted by Gasteiger charge is 2.24. The molecule has 7 nitrogen and oxygen atoms in total. The number of hydrogen-bond acceptors (Lipinski definition) is 5. The van der Waals surface area contributed by atoms with E-state index >= 15 is 0 Å². The van der Waals surface area contributed by atoms with Crippen molar-refractivity contribution in [2.75, 3.05) is 57.5 Å². The van der Waals surface area contributed by atoms with Gasteiger partial charge in [0.1, 0.15) is 23.0 Å². The van der Waals surface area contributed by atoms with E-state index in [1.54, 1.807) is 4.90 Å². The molecule has 0 unspecified atom stereocenters. The first-order valence-corrected chi connectivity index (χ1v) is 13.0. The molecule has 0 saturated carbocycles. The van der Waals surface area contributed by atoms with Gasteiger partial charge in [-0.2, -0.15) is 0 Å². The fraction of sp³-hybridized carbons (Fsp3) is 0.536. The second kappa shape index (κ2) is 16.2. The molecule has 1 saturated heterocycles. The van der Waals surface area contributed by atoms with Crippen LogP contribution in [-0.4, -0.2) is 58.5 Å². The summed E-state index contributed by atoms with van der Waals surface area (Å²) in [5, 5.41) is 0. The minimum atomic E-state index is -0.110. The van der Waals surface area contributed by atoms with Crippen molar-refractivity contribution in [3.05, 3.63) is 42.5 Å². The van der Waals surface area contributed by atoms with Crippen LogP contribution in [0.5, 0.6) is 23.0 Å². The Balaban J connectivity index is 0.00000456. The van der Waals surface area contributed by atoms with Gasteiger partial charge in [0, 0.05) is 18.9 Å². The van der Waals surface area contributed by atoms with Gasteiger partial charge >= 0.3 is 0 Å². The van der Waals surface area contributed by atoms with Crippen molar-refractivity contribution in [1.29, 1.82) is 0 Å². The van der Waals surface area contributed by atoms with Crippen molar-refractivity contribution in [3.8, 4) is 23.0 Å². The van der Waals surface area contributed by atoms with Gasteiger partial charge in [-0.25, -0.2) is 0 Å². The van der Waals surface area contributed by atoms with Crippen LogP contribution in [0.1, 0.15) is 46.5 Å². The number of nitrogens with zero attached hydrogens (tertiary/aromatic N) is 1. The summed E-state index contributed by atoms with van der Waals surface area (Å²) in [5.41, 5.74) is 0.727. The maximum atomic E-state index is 13.5. The molecule has 0 radical (unpaired) electrons. The van der Waals surface area contributed by atoms with Gasteiger partial charge in [0.05, 0.1) is 51.7 Å². The maximum Gasteiger partial charge on any atom is 0.265 e. The average molecular weight is 521 g/mol. The van der Waals surface area contributed by atoms with Crippen LogP contribution in [0.4, 0.5) is 5.69 Å². The number of amides is 1. The number of carbonyl (C=O) groups excluding carboxylic acids is 1. The zero-order valence-electron chi connectivity index (χ0n) is 21.9. The van der Waals surface area contributed by atoms with Crippen LogP contribution in [0.25, 0.3) is 0 Å². The topological polar surface area (TPSA) is 61.7 Å². The summed E-state index contributed by atoms with van der Waals surface area (Å²) in [6.45, 7) is 11.5. The number of quaternary nitrogens is 1. The van der Waals surface area contributed by atoms with E-state index in [0.717, 1.165) is 49.7 Å². The first-order chi connectivity index (χ1) is 17.1. The number of benzene rings is 2. The second-order valence-electron chi connectivity index (χ2n) is 8.71. The van der Waals surface area contributed by atoms with E-state index in [9.17, 15) is 4.79 Å². The van der Waals surface area contributed by atoms with Crippen LogP contribution in [0, 0.1) is 0 Å². The summed E-state index contributed by atoms with van der Waals surface area (Å²) >= 11 is 0. The van der Waals surface area contributed by atoms with E-state index in [1.807, 2.05) is 56.3 Å². The molecule has 0 spiro atoms. The third-order valence-corrected chi connectivity index (χ3v) is 6.09. The highest BCUT2D eigenvalue weighted by atomic mass is 35.5. The Morgan fingerprint density at radius 1 is 0.861 bits per heavy atom. The molecule has 8 heteroatoms. The van der Waals surface area contributed by atoms with Crippen LogP contribution in [0.3, 0.4) is 0 Å². The quantitative estimate of drug-likeness (QED) is 0.351. The van der Waals surface area contributed by atoms with Crippen LogP contribution >= 0.6 is 0 Å². The molecule has 0 aliphatic carbocycles. The van der Waals surface area contributed by atoms with Crippen LogP contribution in [-0.2, 0) is 4.79 Å². The lowest BCUT2D eigenvalue weighted by molar-refractivity contribution is -0.885. The molecule has 1 fully saturated rings. The number of hydrogen-bond donors (Lipinski definition) is 1. The normalized spacial score (nSPS) is 13.1. The van der Waals surface area contributed by atoms with Gasteiger partial charge < -0.3 is 41.2 Å². The SMILES string of the molecule is CCCCOc1ccc(OCC(=O)N(CC[NH+]2CCCC2)c2cc(OCC)ccc2OCC)cc1.[Cl-]. The largest absolute Gasteiger partial charge is 1.00 e. The molecule has 36 heavy (non-hydrogen) atoms. The minimum absolute atomic E-state index is 0. The number of rotatable bonds is 15. The van der Waals surface area contributed by atoms with E-state index in [4.69, 9.17) is 18.9 Å². The van der Waals surface area contributed by atoms with Crippen LogP contribution < -0.4 is 41.2 Å². The van der Waals surface area contributed by atoms with Crippen molar-refractivity contribution in [2.24, 2.45) is 0 Å². The molecule has 0 bridgehead atoms. The Bertz CT molecular complexity index is 903. The van der Waals surface area contributed by atoms with Gasteiger partial charge in [0.2, 0.25) is 0 Å². The monoisotopic (exact) mass is 520 g/mol. The highest BCUT2D eigenvalue weighted by molar-refractivity contribution is 5.96. The van der Waals surface area contributed by atoms with Crippen LogP contribution in [0.15, 0.2) is 42.5 Å². The van der Waals surface area contributed by atoms with Gasteiger partial charge in [-0.05, 0) is 56.7 Å². The zero-order chi connectivity index (χ0) is 24.9. The standard InChI is InChI=1S/C28H40N2O5.ClH/c1-4-7-20-34-23-10-12-24(13-11-23)35-22-28(31)30(19-18-29-16-8-9-17-29)26-21-25(32-5-2)14-15-27(26)33-6-3;/h10-15,21H,4-9,16-20,22H2,1-3H3;1H. The third kappa shape index (κ3) is 9.10. The van der Waals surface area contributed by atoms with Crippen molar-refractivity contribution in [3.63, 3.8) is 0 Å². The molecule has 1 aliphatic heterocycles. The molecular weight excluding hydrogens is 480 g/mol. The summed E-state index contributed by atoms with van der Waals surface area (Å²) in [4.78, 5) is 16.8. The first kappa shape index (κ1) is 29.6. The number of carbonyl (C=O) groups is 1. The van der Waals surface area contributed by atoms with Crippen molar-refractivity contribution in [2.45, 2.75) is 46.5 Å². The van der Waals surface area contributed by atoms with E-state index in [-0.39, 0.29) is 24.9 Å². The van der Waals surface area contributed by atoms with E-state index in [0.29, 0.717) is 37.9 Å². The molecule has 200 valence electrons. The molecule has 1 N–H and O–H groups in total. The molecule has 0 atom stereocenters. The molecule has 2 aromatic rings. The van der Waals surface area contributed by atoms with Crippen LogP contribution in [0.2, 0.25) is 0 Å². The maximum absolute atomic E-state index is 13.5. The van der Waals surface area contributed by atoms with Crippen molar-refractivity contribution < 1.29 is 41.0 Å². The smallest absolute Gasteiger partial charge is 0.265 e. The molecule has 0 aromatic heterocycles. The highest BCUT2D eigenvalue weighted by Crippen LogP contribution is 2.33. The lowest BCUT2D eigenvalue weighted by Crippen LogP contribution is -3.10. The lowest BCUT2D eigenvalue weighted by Gasteiger charge is -2.26. The summed E-state index contributed by atoms with van der Waals surface area (Å²) in [6.07, 6.45) is 4.61. The average Bonchev–Trinajstić information content (AvgIpc) is 3.39. The Kier molecular flexibility index (Phi) is 13.3. The predicted molar refractivity (Wildman–Crippen MR) is 138 cm³/mol. The van der Waals surface area contributed by atoms with Gasteiger partial charge in [0.15, 0.2) is 6.61 Å². The number of likely N-dealkylation sites (tertiary alicyclic amines) is 1. The molecule has 1 heterocycles. The zero-order valence-corrected chi connectivity index (χ0v) is 22.6. The fourth-order valence-electron chi connectivity index (χ4n) is 4.21. The van der Waals surface area contributed by atoms with Crippen molar-refractivity contribution >= 4 is 11.6 Å². The van der Waals surface area contributed by atoms with E-state index in [2.05, 4.69) is 6.92 Å². The van der Waals surface area contributed by atoms with E-state index < -0.39 is 0 Å². The number of ether oxygens (including phenoxy) is 4. The minimum Gasteiger partial charge on any atom is -1.00 e. The number of halogens is 1. The number of anilines is 1. The number of nitrogens with one attached hydrogen (secondary N) is 1. The molecule has 1 aliphatic rings. The first-order valence-electron chi connectivity index (χ1n) is 13.0. The fourth-order valence-corrected chi connectivity index (χ4v) is 4.21. The third-order valence-electron chi connectivity index (χ3n) is 6.09. The Morgan fingerprint density at radius 2 is 1.50 bits per heavy atom.